The van der Waals surface area contributed by atoms with Crippen LogP contribution in [-0.2, 0) is 0 Å². The van der Waals surface area contributed by atoms with E-state index < -0.39 is 4.92 Å². The summed E-state index contributed by atoms with van der Waals surface area (Å²) in [4.78, 5) is 27.1. The summed E-state index contributed by atoms with van der Waals surface area (Å²) < 4.78 is 0. The van der Waals surface area contributed by atoms with E-state index in [0.29, 0.717) is 18.3 Å². The molecule has 6 nitrogen and oxygen atoms in total. The summed E-state index contributed by atoms with van der Waals surface area (Å²) in [6.07, 6.45) is 4.35. The van der Waals surface area contributed by atoms with Crippen LogP contribution in [0.4, 0.5) is 5.69 Å². The first-order chi connectivity index (χ1) is 9.49. The van der Waals surface area contributed by atoms with Gasteiger partial charge in [0.2, 0.25) is 0 Å². The van der Waals surface area contributed by atoms with Crippen molar-refractivity contribution in [1.82, 2.24) is 9.88 Å². The molecular formula is C14H23N3O3. The number of hydrogen-bond acceptors (Lipinski definition) is 4. The summed E-state index contributed by atoms with van der Waals surface area (Å²) in [6.45, 7) is 7.48. The van der Waals surface area contributed by atoms with E-state index in [-0.39, 0.29) is 11.5 Å². The number of ketones is 1. The maximum Gasteiger partial charge on any atom is 0.287 e. The number of nitrogens with zero attached hydrogens (tertiary/aromatic N) is 2. The fourth-order valence-corrected chi connectivity index (χ4v) is 1.99. The Labute approximate surface area is 119 Å². The van der Waals surface area contributed by atoms with Crippen molar-refractivity contribution in [2.24, 2.45) is 0 Å². The molecule has 20 heavy (non-hydrogen) atoms. The van der Waals surface area contributed by atoms with Crippen molar-refractivity contribution in [1.29, 1.82) is 0 Å². The number of nitrogens with one attached hydrogen (secondary N) is 1. The van der Waals surface area contributed by atoms with Gasteiger partial charge in [0, 0.05) is 12.1 Å². The standard InChI is InChI=1S/C14H23N3O3/c1-4-6-7-16(11(3)5-2)10-14(18)13-8-12(9-15-13)17(19)20/h8-9,11,15H,4-7,10H2,1-3H3. The topological polar surface area (TPSA) is 79.2 Å². The summed E-state index contributed by atoms with van der Waals surface area (Å²) >= 11 is 0. The molecule has 0 spiro atoms. The van der Waals surface area contributed by atoms with E-state index in [1.165, 1.54) is 12.3 Å². The Morgan fingerprint density at radius 3 is 2.70 bits per heavy atom. The van der Waals surface area contributed by atoms with Crippen molar-refractivity contribution in [3.05, 3.63) is 28.1 Å². The Morgan fingerprint density at radius 1 is 1.50 bits per heavy atom. The van der Waals surface area contributed by atoms with Crippen LogP contribution in [0.15, 0.2) is 12.3 Å². The number of nitro groups is 1. The van der Waals surface area contributed by atoms with Gasteiger partial charge in [-0.15, -0.1) is 0 Å². The first-order valence-corrected chi connectivity index (χ1v) is 7.09. The lowest BCUT2D eigenvalue weighted by Crippen LogP contribution is -2.37. The maximum absolute atomic E-state index is 12.2. The lowest BCUT2D eigenvalue weighted by Gasteiger charge is -2.27. The number of rotatable bonds is 9. The lowest BCUT2D eigenvalue weighted by molar-refractivity contribution is -0.384. The molecule has 1 aromatic rings. The van der Waals surface area contributed by atoms with Crippen LogP contribution in [0.3, 0.4) is 0 Å². The molecule has 0 aliphatic carbocycles. The number of hydrogen-bond donors (Lipinski definition) is 1. The number of unbranched alkanes of at least 4 members (excludes halogenated alkanes) is 1. The number of aromatic nitrogens is 1. The lowest BCUT2D eigenvalue weighted by atomic mass is 10.1. The quantitative estimate of drug-likeness (QED) is 0.428. The highest BCUT2D eigenvalue weighted by Crippen LogP contribution is 2.14. The third kappa shape index (κ3) is 4.45. The molecule has 112 valence electrons. The zero-order chi connectivity index (χ0) is 15.1. The smallest absolute Gasteiger partial charge is 0.287 e. The van der Waals surface area contributed by atoms with Crippen LogP contribution in [0.2, 0.25) is 0 Å². The van der Waals surface area contributed by atoms with Gasteiger partial charge >= 0.3 is 0 Å². The molecule has 1 heterocycles. The molecule has 1 N–H and O–H groups in total. The minimum absolute atomic E-state index is 0.0722. The van der Waals surface area contributed by atoms with Gasteiger partial charge in [-0.2, -0.15) is 0 Å². The molecule has 0 fully saturated rings. The Morgan fingerprint density at radius 2 is 2.20 bits per heavy atom. The molecule has 0 saturated carbocycles. The second-order valence-corrected chi connectivity index (χ2v) is 5.03. The van der Waals surface area contributed by atoms with Crippen LogP contribution in [0.25, 0.3) is 0 Å². The van der Waals surface area contributed by atoms with Gasteiger partial charge in [-0.25, -0.2) is 0 Å². The summed E-state index contributed by atoms with van der Waals surface area (Å²) in [5.74, 6) is -0.102. The summed E-state index contributed by atoms with van der Waals surface area (Å²) in [5, 5.41) is 10.6. The van der Waals surface area contributed by atoms with Gasteiger partial charge in [-0.3, -0.25) is 19.8 Å². The molecule has 0 aromatic carbocycles. The Balaban J connectivity index is 2.70. The van der Waals surface area contributed by atoms with E-state index in [4.69, 9.17) is 0 Å². The summed E-state index contributed by atoms with van der Waals surface area (Å²) in [7, 11) is 0. The third-order valence-corrected chi connectivity index (χ3v) is 3.54. The fraction of sp³-hybridized carbons (Fsp3) is 0.643. The minimum Gasteiger partial charge on any atom is -0.353 e. The van der Waals surface area contributed by atoms with Crippen LogP contribution in [-0.4, -0.2) is 39.7 Å². The second-order valence-electron chi connectivity index (χ2n) is 5.03. The van der Waals surface area contributed by atoms with Gasteiger partial charge in [0.15, 0.2) is 5.78 Å². The molecule has 1 aromatic heterocycles. The zero-order valence-electron chi connectivity index (χ0n) is 12.4. The highest BCUT2D eigenvalue weighted by atomic mass is 16.6. The molecule has 0 bridgehead atoms. The van der Waals surface area contributed by atoms with E-state index >= 15 is 0 Å². The predicted molar refractivity (Wildman–Crippen MR) is 78.0 cm³/mol. The van der Waals surface area contributed by atoms with Crippen LogP contribution >= 0.6 is 0 Å². The van der Waals surface area contributed by atoms with E-state index in [1.807, 2.05) is 0 Å². The highest BCUT2D eigenvalue weighted by Gasteiger charge is 2.19. The van der Waals surface area contributed by atoms with Crippen molar-refractivity contribution in [2.45, 2.75) is 46.1 Å². The van der Waals surface area contributed by atoms with E-state index in [0.717, 1.165) is 25.8 Å². The molecular weight excluding hydrogens is 258 g/mol. The minimum atomic E-state index is -0.503. The van der Waals surface area contributed by atoms with Crippen LogP contribution in [0.1, 0.15) is 50.5 Å². The van der Waals surface area contributed by atoms with Crippen LogP contribution in [0.5, 0.6) is 0 Å². The molecule has 0 radical (unpaired) electrons. The number of aromatic amines is 1. The van der Waals surface area contributed by atoms with Crippen molar-refractivity contribution in [2.75, 3.05) is 13.1 Å². The molecule has 0 aliphatic heterocycles. The van der Waals surface area contributed by atoms with Crippen LogP contribution < -0.4 is 0 Å². The summed E-state index contributed by atoms with van der Waals surface area (Å²) in [5.41, 5.74) is 0.235. The third-order valence-electron chi connectivity index (χ3n) is 3.54. The Bertz CT molecular complexity index is 456. The van der Waals surface area contributed by atoms with Gasteiger partial charge < -0.3 is 4.98 Å². The first-order valence-electron chi connectivity index (χ1n) is 7.09. The fourth-order valence-electron chi connectivity index (χ4n) is 1.99. The first kappa shape index (κ1) is 16.4. The van der Waals surface area contributed by atoms with Crippen molar-refractivity contribution in [3.63, 3.8) is 0 Å². The molecule has 1 unspecified atom stereocenters. The average Bonchev–Trinajstić information content (AvgIpc) is 2.92. The van der Waals surface area contributed by atoms with E-state index in [1.54, 1.807) is 0 Å². The molecule has 6 heteroatoms. The van der Waals surface area contributed by atoms with Crippen molar-refractivity contribution in [3.8, 4) is 0 Å². The second kappa shape index (κ2) is 7.79. The van der Waals surface area contributed by atoms with Crippen LogP contribution in [0, 0.1) is 10.1 Å². The SMILES string of the molecule is CCCCN(CC(=O)c1cc([N+](=O)[O-])c[nH]1)C(C)CC. The molecule has 0 amide bonds. The number of carbonyl (C=O) groups excluding carboxylic acids is 1. The highest BCUT2D eigenvalue weighted by molar-refractivity contribution is 5.96. The summed E-state index contributed by atoms with van der Waals surface area (Å²) in [6, 6.07) is 1.63. The van der Waals surface area contributed by atoms with Gasteiger partial charge in [-0.1, -0.05) is 20.3 Å². The average molecular weight is 281 g/mol. The van der Waals surface area contributed by atoms with E-state index in [2.05, 4.69) is 30.7 Å². The molecule has 0 aliphatic rings. The number of carbonyl (C=O) groups is 1. The Hall–Kier alpha value is -1.69. The van der Waals surface area contributed by atoms with Gasteiger partial charge in [0.05, 0.1) is 23.4 Å². The molecule has 1 rings (SSSR count). The molecule has 1 atom stereocenters. The van der Waals surface area contributed by atoms with Gasteiger partial charge in [0.25, 0.3) is 5.69 Å². The number of H-pyrrole nitrogens is 1. The predicted octanol–water partition coefficient (Wildman–Crippen LogP) is 3.01. The molecule has 0 saturated heterocycles. The Kier molecular flexibility index (Phi) is 6.38. The van der Waals surface area contributed by atoms with E-state index in [9.17, 15) is 14.9 Å². The van der Waals surface area contributed by atoms with Gasteiger partial charge in [-0.05, 0) is 26.3 Å². The normalized spacial score (nSPS) is 12.6. The number of Topliss-reactive ketones (excluding diaryl/α,β-unsaturated/α-hetero) is 1. The maximum atomic E-state index is 12.2. The van der Waals surface area contributed by atoms with Gasteiger partial charge in [0.1, 0.15) is 0 Å². The largest absolute Gasteiger partial charge is 0.353 e. The zero-order valence-corrected chi connectivity index (χ0v) is 12.4. The monoisotopic (exact) mass is 281 g/mol. The van der Waals surface area contributed by atoms with Crippen molar-refractivity contribution >= 4 is 11.5 Å². The van der Waals surface area contributed by atoms with Crippen molar-refractivity contribution < 1.29 is 9.72 Å².